The van der Waals surface area contributed by atoms with Crippen LogP contribution >= 0.6 is 24.8 Å². The molecule has 5 heterocycles. The summed E-state index contributed by atoms with van der Waals surface area (Å²) in [6, 6.07) is 7.64. The van der Waals surface area contributed by atoms with Gasteiger partial charge in [0.25, 0.3) is 11.5 Å². The molecule has 2 saturated heterocycles. The molecule has 1 amide bonds. The van der Waals surface area contributed by atoms with Gasteiger partial charge in [0.05, 0.1) is 6.26 Å². The average Bonchev–Trinajstić information content (AvgIpc) is 3.17. The van der Waals surface area contributed by atoms with Gasteiger partial charge < -0.3 is 19.2 Å². The predicted octanol–water partition coefficient (Wildman–Crippen LogP) is 2.34. The van der Waals surface area contributed by atoms with Crippen molar-refractivity contribution in [3.05, 3.63) is 57.9 Å². The third-order valence-electron chi connectivity index (χ3n) is 6.59. The molecular formula is C22H30Cl2N4O3. The van der Waals surface area contributed by atoms with Crippen molar-refractivity contribution in [2.45, 2.75) is 31.8 Å². The summed E-state index contributed by atoms with van der Waals surface area (Å²) in [6.45, 7) is 6.49. The molecule has 0 spiro atoms. The molecule has 7 nitrogen and oxygen atoms in total. The number of aromatic nitrogens is 1. The molecule has 31 heavy (non-hydrogen) atoms. The normalized spacial score (nSPS) is 23.2. The number of hydrogen-bond acceptors (Lipinski definition) is 5. The van der Waals surface area contributed by atoms with Gasteiger partial charge in [-0.25, -0.2) is 0 Å². The highest BCUT2D eigenvalue weighted by atomic mass is 35.5. The number of amides is 1. The molecule has 2 atom stereocenters. The summed E-state index contributed by atoms with van der Waals surface area (Å²) in [7, 11) is 0. The second-order valence-electron chi connectivity index (χ2n) is 8.56. The molecular weight excluding hydrogens is 439 g/mol. The summed E-state index contributed by atoms with van der Waals surface area (Å²) in [5, 5.41) is 3.50. The third-order valence-corrected chi connectivity index (χ3v) is 6.59. The van der Waals surface area contributed by atoms with Gasteiger partial charge in [0.1, 0.15) is 0 Å². The number of fused-ring (bicyclic) bond motifs is 4. The minimum Gasteiger partial charge on any atom is -0.459 e. The average molecular weight is 469 g/mol. The number of halogens is 2. The van der Waals surface area contributed by atoms with Crippen molar-refractivity contribution in [3.8, 4) is 0 Å². The maximum Gasteiger partial charge on any atom is 0.289 e. The fraction of sp³-hybridized carbons (Fsp3) is 0.545. The van der Waals surface area contributed by atoms with E-state index in [0.717, 1.165) is 51.3 Å². The Kier molecular flexibility index (Phi) is 7.86. The summed E-state index contributed by atoms with van der Waals surface area (Å²) in [5.74, 6) is 1.37. The van der Waals surface area contributed by atoms with Gasteiger partial charge >= 0.3 is 0 Å². The van der Waals surface area contributed by atoms with E-state index >= 15 is 0 Å². The van der Waals surface area contributed by atoms with Crippen LogP contribution in [-0.2, 0) is 13.1 Å². The molecule has 0 unspecified atom stereocenters. The first kappa shape index (κ1) is 23.9. The summed E-state index contributed by atoms with van der Waals surface area (Å²) >= 11 is 0. The van der Waals surface area contributed by atoms with Crippen LogP contribution < -0.4 is 10.9 Å². The fourth-order valence-corrected chi connectivity index (χ4v) is 5.09. The molecule has 3 aliphatic rings. The van der Waals surface area contributed by atoms with Crippen LogP contribution in [0.2, 0.25) is 0 Å². The summed E-state index contributed by atoms with van der Waals surface area (Å²) in [6.07, 6.45) is 3.62. The van der Waals surface area contributed by atoms with Crippen LogP contribution in [0.3, 0.4) is 0 Å². The maximum atomic E-state index is 13.2. The number of hydrogen-bond donors (Lipinski definition) is 1. The van der Waals surface area contributed by atoms with E-state index in [9.17, 15) is 9.59 Å². The molecule has 0 aromatic carbocycles. The number of nitrogens with one attached hydrogen (secondary N) is 1. The lowest BCUT2D eigenvalue weighted by atomic mass is 9.84. The van der Waals surface area contributed by atoms with Crippen molar-refractivity contribution < 1.29 is 9.21 Å². The molecule has 0 saturated carbocycles. The molecule has 9 heteroatoms. The number of rotatable bonds is 3. The summed E-state index contributed by atoms with van der Waals surface area (Å²) < 4.78 is 7.29. The van der Waals surface area contributed by atoms with Gasteiger partial charge in [0.2, 0.25) is 0 Å². The third kappa shape index (κ3) is 4.85. The van der Waals surface area contributed by atoms with Crippen LogP contribution in [-0.4, -0.2) is 59.5 Å². The van der Waals surface area contributed by atoms with Gasteiger partial charge in [-0.05, 0) is 43.5 Å². The van der Waals surface area contributed by atoms with Crippen LogP contribution in [0.25, 0.3) is 0 Å². The Morgan fingerprint density at radius 3 is 2.77 bits per heavy atom. The second kappa shape index (κ2) is 10.2. The van der Waals surface area contributed by atoms with Crippen LogP contribution in [0, 0.1) is 5.92 Å². The summed E-state index contributed by atoms with van der Waals surface area (Å²) in [4.78, 5) is 29.9. The first-order valence-corrected chi connectivity index (χ1v) is 10.7. The molecule has 2 bridgehead atoms. The van der Waals surface area contributed by atoms with E-state index in [0.29, 0.717) is 30.7 Å². The zero-order valence-corrected chi connectivity index (χ0v) is 19.1. The van der Waals surface area contributed by atoms with Crippen molar-refractivity contribution >= 4 is 30.7 Å². The van der Waals surface area contributed by atoms with Crippen molar-refractivity contribution in [1.29, 1.82) is 0 Å². The van der Waals surface area contributed by atoms with Crippen LogP contribution in [0.5, 0.6) is 0 Å². The Bertz CT molecular complexity index is 947. The molecule has 1 N–H and O–H groups in total. The van der Waals surface area contributed by atoms with E-state index in [1.54, 1.807) is 12.1 Å². The molecule has 5 rings (SSSR count). The Morgan fingerprint density at radius 2 is 1.97 bits per heavy atom. The first-order valence-electron chi connectivity index (χ1n) is 10.7. The number of carbonyl (C=O) groups excluding carboxylic acids is 1. The number of carbonyl (C=O) groups is 1. The van der Waals surface area contributed by atoms with Crippen molar-refractivity contribution in [2.24, 2.45) is 5.92 Å². The highest BCUT2D eigenvalue weighted by Crippen LogP contribution is 2.31. The zero-order valence-electron chi connectivity index (χ0n) is 17.5. The highest BCUT2D eigenvalue weighted by molar-refractivity contribution is 5.91. The topological polar surface area (TPSA) is 70.7 Å². The predicted molar refractivity (Wildman–Crippen MR) is 123 cm³/mol. The lowest BCUT2D eigenvalue weighted by Crippen LogP contribution is -2.45. The number of piperidine rings is 1. The van der Waals surface area contributed by atoms with Crippen LogP contribution in [0.4, 0.5) is 0 Å². The quantitative estimate of drug-likeness (QED) is 0.748. The van der Waals surface area contributed by atoms with E-state index in [1.165, 1.54) is 18.4 Å². The van der Waals surface area contributed by atoms with Crippen LogP contribution in [0.1, 0.15) is 40.6 Å². The SMILES string of the molecule is Cl.Cl.O=C(c1ccco1)N1CCCN(Cc2ccc3n(c2=O)C[C@@H]2CNC[C@H]3C2)CC1. The molecule has 2 aromatic rings. The van der Waals surface area contributed by atoms with Crippen molar-refractivity contribution in [2.75, 3.05) is 39.3 Å². The maximum absolute atomic E-state index is 13.2. The first-order chi connectivity index (χ1) is 14.2. The van der Waals surface area contributed by atoms with Gasteiger partial charge in [-0.1, -0.05) is 6.07 Å². The number of nitrogens with zero attached hydrogens (tertiary/aromatic N) is 3. The number of pyridine rings is 1. The standard InChI is InChI=1S/C22H28N4O3.2ClH/c27-21-17(4-5-19-18-11-16(12-23-13-18)14-26(19)21)15-24-6-2-7-25(9-8-24)22(28)20-3-1-10-29-20;;/h1,3-5,10,16,18,23H,2,6-9,11-15H2;2*1H/t16-,18+;;/m0../s1. The lowest BCUT2D eigenvalue weighted by Gasteiger charge is -2.37. The number of furan rings is 1. The monoisotopic (exact) mass is 468 g/mol. The Balaban J connectivity index is 0.00000136. The van der Waals surface area contributed by atoms with E-state index in [-0.39, 0.29) is 36.3 Å². The Morgan fingerprint density at radius 1 is 1.10 bits per heavy atom. The van der Waals surface area contributed by atoms with Crippen molar-refractivity contribution in [1.82, 2.24) is 19.7 Å². The molecule has 2 aromatic heterocycles. The highest BCUT2D eigenvalue weighted by Gasteiger charge is 2.31. The van der Waals surface area contributed by atoms with E-state index in [1.807, 2.05) is 15.5 Å². The lowest BCUT2D eigenvalue weighted by molar-refractivity contribution is 0.0729. The van der Waals surface area contributed by atoms with Gasteiger partial charge in [0, 0.05) is 63.0 Å². The van der Waals surface area contributed by atoms with Gasteiger partial charge in [-0.3, -0.25) is 14.5 Å². The molecule has 0 radical (unpaired) electrons. The van der Waals surface area contributed by atoms with Gasteiger partial charge in [-0.2, -0.15) is 0 Å². The zero-order chi connectivity index (χ0) is 19.8. The second-order valence-corrected chi connectivity index (χ2v) is 8.56. The largest absolute Gasteiger partial charge is 0.459 e. The van der Waals surface area contributed by atoms with Gasteiger partial charge in [0.15, 0.2) is 5.76 Å². The van der Waals surface area contributed by atoms with Crippen molar-refractivity contribution in [3.63, 3.8) is 0 Å². The van der Waals surface area contributed by atoms with E-state index in [4.69, 9.17) is 4.42 Å². The molecule has 2 fully saturated rings. The Labute approximate surface area is 194 Å². The molecule has 3 aliphatic heterocycles. The minimum absolute atomic E-state index is 0. The minimum atomic E-state index is -0.0501. The van der Waals surface area contributed by atoms with Crippen LogP contribution in [0.15, 0.2) is 39.7 Å². The fourth-order valence-electron chi connectivity index (χ4n) is 5.09. The molecule has 170 valence electrons. The van der Waals surface area contributed by atoms with Gasteiger partial charge in [-0.15, -0.1) is 24.8 Å². The van der Waals surface area contributed by atoms with E-state index < -0.39 is 0 Å². The smallest absolute Gasteiger partial charge is 0.289 e. The Hall–Kier alpha value is -1.80. The molecule has 0 aliphatic carbocycles. The summed E-state index contributed by atoms with van der Waals surface area (Å²) in [5.41, 5.74) is 2.23. The van der Waals surface area contributed by atoms with E-state index in [2.05, 4.69) is 16.3 Å².